The molecular formula is C23H18Cl3F3N6O6S2. The van der Waals surface area contributed by atoms with Crippen molar-refractivity contribution in [1.82, 2.24) is 19.9 Å². The van der Waals surface area contributed by atoms with Crippen LogP contribution < -0.4 is 18.9 Å². The zero-order chi connectivity index (χ0) is 32.1. The van der Waals surface area contributed by atoms with Gasteiger partial charge < -0.3 is 9.47 Å². The van der Waals surface area contributed by atoms with Crippen LogP contribution in [0.1, 0.15) is 5.56 Å². The first-order valence-corrected chi connectivity index (χ1v) is 15.3. The molecule has 0 unspecified atom stereocenters. The molecule has 0 spiro atoms. The predicted octanol–water partition coefficient (Wildman–Crippen LogP) is 5.26. The molecule has 0 saturated carbocycles. The van der Waals surface area contributed by atoms with Gasteiger partial charge in [-0.05, 0) is 36.8 Å². The molecule has 2 aromatic heterocycles. The summed E-state index contributed by atoms with van der Waals surface area (Å²) < 4.78 is 102. The van der Waals surface area contributed by atoms with Gasteiger partial charge in [0.2, 0.25) is 11.6 Å². The summed E-state index contributed by atoms with van der Waals surface area (Å²) in [5.41, 5.74) is 0.431. The van der Waals surface area contributed by atoms with E-state index in [1.54, 1.807) is 19.1 Å². The molecule has 2 heterocycles. The van der Waals surface area contributed by atoms with E-state index in [1.165, 1.54) is 26.5 Å². The van der Waals surface area contributed by atoms with Crippen LogP contribution in [0.2, 0.25) is 15.3 Å². The molecule has 0 aliphatic rings. The van der Waals surface area contributed by atoms with Crippen LogP contribution in [-0.2, 0) is 20.0 Å². The maximum atomic E-state index is 13.6. The third-order valence-electron chi connectivity index (χ3n) is 5.06. The molecule has 2 N–H and O–H groups in total. The topological polar surface area (TPSA) is 162 Å². The summed E-state index contributed by atoms with van der Waals surface area (Å²) in [6.07, 6.45) is 2.35. The molecule has 0 atom stereocenters. The Bertz CT molecular complexity index is 1890. The van der Waals surface area contributed by atoms with Crippen LogP contribution in [-0.4, -0.2) is 51.0 Å². The lowest BCUT2D eigenvalue weighted by atomic mass is 10.2. The lowest BCUT2D eigenvalue weighted by molar-refractivity contribution is 0.398. The molecule has 43 heavy (non-hydrogen) atoms. The van der Waals surface area contributed by atoms with Crippen molar-refractivity contribution in [1.29, 1.82) is 0 Å². The van der Waals surface area contributed by atoms with Crippen molar-refractivity contribution in [2.24, 2.45) is 0 Å². The molecule has 0 fully saturated rings. The number of sulfonamides is 2. The Balaban J connectivity index is 0.000000236. The van der Waals surface area contributed by atoms with E-state index in [1.807, 2.05) is 4.72 Å². The van der Waals surface area contributed by atoms with E-state index in [9.17, 15) is 30.0 Å². The fraction of sp³-hybridized carbons (Fsp3) is 0.130. The van der Waals surface area contributed by atoms with Crippen molar-refractivity contribution >= 4 is 66.5 Å². The van der Waals surface area contributed by atoms with E-state index in [0.29, 0.717) is 22.7 Å². The van der Waals surface area contributed by atoms with Crippen LogP contribution in [0.5, 0.6) is 11.8 Å². The van der Waals surface area contributed by atoms with E-state index >= 15 is 0 Å². The number of nitrogens with zero attached hydrogens (tertiary/aromatic N) is 4. The van der Waals surface area contributed by atoms with Crippen LogP contribution in [0.3, 0.4) is 0 Å². The van der Waals surface area contributed by atoms with Gasteiger partial charge in [0.1, 0.15) is 15.2 Å². The van der Waals surface area contributed by atoms with E-state index in [-0.39, 0.29) is 32.8 Å². The minimum Gasteiger partial charge on any atom is -0.478 e. The number of hydrogen-bond donors (Lipinski definition) is 2. The smallest absolute Gasteiger partial charge is 0.266 e. The van der Waals surface area contributed by atoms with Gasteiger partial charge in [0.15, 0.2) is 17.5 Å². The summed E-state index contributed by atoms with van der Waals surface area (Å²) in [7, 11) is -5.96. The molecule has 0 amide bonds. The van der Waals surface area contributed by atoms with E-state index in [0.717, 1.165) is 6.20 Å². The van der Waals surface area contributed by atoms with Crippen molar-refractivity contribution in [3.05, 3.63) is 81.1 Å². The summed E-state index contributed by atoms with van der Waals surface area (Å²) in [6.45, 7) is 1.61. The van der Waals surface area contributed by atoms with Crippen LogP contribution in [0, 0.1) is 24.4 Å². The average molecular weight is 702 g/mol. The van der Waals surface area contributed by atoms with Gasteiger partial charge in [0.25, 0.3) is 31.8 Å². The zero-order valence-electron chi connectivity index (χ0n) is 21.9. The summed E-state index contributed by atoms with van der Waals surface area (Å²) in [4.78, 5) is 13.9. The van der Waals surface area contributed by atoms with Crippen molar-refractivity contribution < 1.29 is 39.5 Å². The number of aromatic nitrogens is 4. The predicted molar refractivity (Wildman–Crippen MR) is 151 cm³/mol. The van der Waals surface area contributed by atoms with Gasteiger partial charge in [-0.3, -0.25) is 9.44 Å². The van der Waals surface area contributed by atoms with E-state index in [2.05, 4.69) is 24.7 Å². The number of anilines is 2. The number of ether oxygens (including phenoxy) is 2. The highest BCUT2D eigenvalue weighted by molar-refractivity contribution is 7.93. The van der Waals surface area contributed by atoms with Gasteiger partial charge in [-0.2, -0.15) is 0 Å². The number of hydrogen-bond acceptors (Lipinski definition) is 10. The Hall–Kier alpha value is -3.64. The highest BCUT2D eigenvalue weighted by Gasteiger charge is 2.26. The van der Waals surface area contributed by atoms with Crippen molar-refractivity contribution in [3.8, 4) is 11.8 Å². The van der Waals surface area contributed by atoms with Crippen molar-refractivity contribution in [2.45, 2.75) is 16.7 Å². The fourth-order valence-electron chi connectivity index (χ4n) is 3.10. The van der Waals surface area contributed by atoms with Crippen LogP contribution in [0.25, 0.3) is 0 Å². The summed E-state index contributed by atoms with van der Waals surface area (Å²) in [5.74, 6) is -6.04. The number of halogens is 6. The second-order valence-electron chi connectivity index (χ2n) is 7.85. The lowest BCUT2D eigenvalue weighted by Crippen LogP contribution is -2.17. The third kappa shape index (κ3) is 8.05. The van der Waals surface area contributed by atoms with Crippen LogP contribution >= 0.6 is 34.8 Å². The average Bonchev–Trinajstić information content (AvgIpc) is 2.93. The molecule has 20 heteroatoms. The summed E-state index contributed by atoms with van der Waals surface area (Å²) in [5, 5.41) is 0.225. The van der Waals surface area contributed by atoms with Gasteiger partial charge in [-0.25, -0.2) is 49.9 Å². The molecule has 0 aliphatic carbocycles. The van der Waals surface area contributed by atoms with Gasteiger partial charge in [-0.15, -0.1) is 0 Å². The van der Waals surface area contributed by atoms with Crippen LogP contribution in [0.15, 0.2) is 52.5 Å². The molecule has 230 valence electrons. The number of nitrogens with one attached hydrogen (secondary N) is 2. The molecular weight excluding hydrogens is 684 g/mol. The Kier molecular flexibility index (Phi) is 10.8. The first-order valence-electron chi connectivity index (χ1n) is 11.2. The normalized spacial score (nSPS) is 11.3. The standard InChI is InChI=1S/C12H11Cl2N3O3S.C11H7ClF3N3O3S/c1-7-8(13)4-3-5-9(7)21(18,19)17-11-12(20-2)15-6-10(14)16-11;1-21-11-10(17-7(12)4-16-11)18-22(19,20)6-3-2-5(13)8(14)9(6)15/h3-6H,1-2H3,(H,16,17);2-4H,1H3,(H,17,18). The Labute approximate surface area is 258 Å². The lowest BCUT2D eigenvalue weighted by Gasteiger charge is -2.12. The molecule has 2 aromatic carbocycles. The molecule has 12 nitrogen and oxygen atoms in total. The first-order chi connectivity index (χ1) is 20.1. The second-order valence-corrected chi connectivity index (χ2v) is 12.3. The zero-order valence-corrected chi connectivity index (χ0v) is 25.8. The van der Waals surface area contributed by atoms with Gasteiger partial charge >= 0.3 is 0 Å². The highest BCUT2D eigenvalue weighted by atomic mass is 35.5. The summed E-state index contributed by atoms with van der Waals surface area (Å²) >= 11 is 17.2. The van der Waals surface area contributed by atoms with Gasteiger partial charge in [-0.1, -0.05) is 40.9 Å². The Morgan fingerprint density at radius 2 is 1.21 bits per heavy atom. The minimum absolute atomic E-state index is 0.0163. The maximum Gasteiger partial charge on any atom is 0.266 e. The third-order valence-corrected chi connectivity index (χ3v) is 8.68. The highest BCUT2D eigenvalue weighted by Crippen LogP contribution is 2.28. The molecule has 4 aromatic rings. The molecule has 0 bridgehead atoms. The molecule has 0 radical (unpaired) electrons. The largest absolute Gasteiger partial charge is 0.478 e. The SMILES string of the molecule is COc1ncc(Cl)nc1NS(=O)(=O)c1ccc(F)c(F)c1F.COc1ncc(Cl)nc1NS(=O)(=O)c1cccc(Cl)c1C. The maximum absolute atomic E-state index is 13.6. The minimum atomic E-state index is -4.61. The van der Waals surface area contributed by atoms with Crippen molar-refractivity contribution in [2.75, 3.05) is 23.7 Å². The number of rotatable bonds is 8. The fourth-order valence-corrected chi connectivity index (χ4v) is 5.94. The van der Waals surface area contributed by atoms with Crippen LogP contribution in [0.4, 0.5) is 24.8 Å². The molecule has 0 aliphatic heterocycles. The van der Waals surface area contributed by atoms with Gasteiger partial charge in [0.05, 0.1) is 31.5 Å². The summed E-state index contributed by atoms with van der Waals surface area (Å²) in [6, 6.07) is 5.64. The second kappa shape index (κ2) is 13.8. The molecule has 0 saturated heterocycles. The Morgan fingerprint density at radius 1 is 0.721 bits per heavy atom. The van der Waals surface area contributed by atoms with Crippen molar-refractivity contribution in [3.63, 3.8) is 0 Å². The number of methoxy groups -OCH3 is 2. The molecule has 4 rings (SSSR count). The van der Waals surface area contributed by atoms with Gasteiger partial charge in [0, 0.05) is 5.02 Å². The monoisotopic (exact) mass is 700 g/mol. The van der Waals surface area contributed by atoms with E-state index in [4.69, 9.17) is 44.3 Å². The first kappa shape index (κ1) is 33.9. The quantitative estimate of drug-likeness (QED) is 0.232. The van der Waals surface area contributed by atoms with E-state index < -0.39 is 48.2 Å². The number of benzene rings is 2. The Morgan fingerprint density at radius 3 is 1.70 bits per heavy atom.